The standard InChI is InChI=1S/C16H23NO3S/c1-12-7-5-6-8-13(12)21-11-14(18)17(16(2,3)4)10-9-15(19)20/h5-8H,9-11H2,1-4H3,(H,19,20). The van der Waals surface area contributed by atoms with Gasteiger partial charge in [0.2, 0.25) is 5.91 Å². The molecular formula is C16H23NO3S. The molecule has 0 aliphatic heterocycles. The quantitative estimate of drug-likeness (QED) is 0.820. The SMILES string of the molecule is Cc1ccccc1SCC(=O)N(CCC(=O)O)C(C)(C)C. The van der Waals surface area contributed by atoms with Gasteiger partial charge in [0.15, 0.2) is 0 Å². The fourth-order valence-corrected chi connectivity index (χ4v) is 2.88. The van der Waals surface area contributed by atoms with Gasteiger partial charge in [-0.2, -0.15) is 0 Å². The number of aliphatic carboxylic acids is 1. The molecule has 21 heavy (non-hydrogen) atoms. The maximum absolute atomic E-state index is 12.4. The molecule has 1 amide bonds. The van der Waals surface area contributed by atoms with Crippen molar-refractivity contribution >= 4 is 23.6 Å². The summed E-state index contributed by atoms with van der Waals surface area (Å²) in [7, 11) is 0. The molecule has 0 heterocycles. The van der Waals surface area contributed by atoms with E-state index in [0.717, 1.165) is 10.5 Å². The summed E-state index contributed by atoms with van der Waals surface area (Å²) in [5.41, 5.74) is 0.766. The van der Waals surface area contributed by atoms with E-state index in [9.17, 15) is 9.59 Å². The van der Waals surface area contributed by atoms with E-state index < -0.39 is 5.97 Å². The molecule has 0 saturated carbocycles. The molecule has 0 aliphatic rings. The van der Waals surface area contributed by atoms with Crippen LogP contribution in [0, 0.1) is 6.92 Å². The van der Waals surface area contributed by atoms with Gasteiger partial charge in [-0.3, -0.25) is 9.59 Å². The van der Waals surface area contributed by atoms with E-state index in [1.807, 2.05) is 52.0 Å². The minimum atomic E-state index is -0.886. The Bertz CT molecular complexity index is 508. The first-order valence-corrected chi connectivity index (χ1v) is 7.91. The normalized spacial score (nSPS) is 11.2. The van der Waals surface area contributed by atoms with Crippen LogP contribution in [-0.4, -0.2) is 39.7 Å². The number of hydrogen-bond donors (Lipinski definition) is 1. The molecule has 0 radical (unpaired) electrons. The zero-order chi connectivity index (χ0) is 16.0. The van der Waals surface area contributed by atoms with Gasteiger partial charge in [0.1, 0.15) is 0 Å². The fraction of sp³-hybridized carbons (Fsp3) is 0.500. The molecule has 1 aromatic carbocycles. The van der Waals surface area contributed by atoms with Crippen LogP contribution in [0.2, 0.25) is 0 Å². The van der Waals surface area contributed by atoms with E-state index in [4.69, 9.17) is 5.11 Å². The van der Waals surface area contributed by atoms with Crippen LogP contribution in [0.5, 0.6) is 0 Å². The zero-order valence-electron chi connectivity index (χ0n) is 13.0. The molecule has 1 N–H and O–H groups in total. The number of amides is 1. The Morgan fingerprint density at radius 2 is 1.86 bits per heavy atom. The van der Waals surface area contributed by atoms with Crippen LogP contribution in [0.3, 0.4) is 0 Å². The Kier molecular flexibility index (Phi) is 6.27. The molecular weight excluding hydrogens is 286 g/mol. The second-order valence-corrected chi connectivity index (χ2v) is 6.93. The van der Waals surface area contributed by atoms with Crippen LogP contribution >= 0.6 is 11.8 Å². The first-order valence-electron chi connectivity index (χ1n) is 6.92. The monoisotopic (exact) mass is 309 g/mol. The summed E-state index contributed by atoms with van der Waals surface area (Å²) in [6.45, 7) is 8.02. The van der Waals surface area contributed by atoms with Crippen molar-refractivity contribution in [3.05, 3.63) is 29.8 Å². The Hall–Kier alpha value is -1.49. The van der Waals surface area contributed by atoms with Crippen molar-refractivity contribution in [1.82, 2.24) is 4.90 Å². The van der Waals surface area contributed by atoms with Gasteiger partial charge >= 0.3 is 5.97 Å². The first-order chi connectivity index (χ1) is 9.71. The number of rotatable bonds is 6. The molecule has 0 saturated heterocycles. The highest BCUT2D eigenvalue weighted by Crippen LogP contribution is 2.23. The lowest BCUT2D eigenvalue weighted by Gasteiger charge is -2.35. The molecule has 116 valence electrons. The van der Waals surface area contributed by atoms with E-state index in [-0.39, 0.29) is 24.4 Å². The van der Waals surface area contributed by atoms with Crippen LogP contribution in [0.1, 0.15) is 32.8 Å². The van der Waals surface area contributed by atoms with E-state index >= 15 is 0 Å². The van der Waals surface area contributed by atoms with Gasteiger partial charge in [0, 0.05) is 17.0 Å². The average Bonchev–Trinajstić information content (AvgIpc) is 2.36. The number of aryl methyl sites for hydroxylation is 1. The topological polar surface area (TPSA) is 57.6 Å². The fourth-order valence-electron chi connectivity index (χ4n) is 1.98. The molecule has 4 nitrogen and oxygen atoms in total. The maximum Gasteiger partial charge on any atom is 0.305 e. The smallest absolute Gasteiger partial charge is 0.305 e. The van der Waals surface area contributed by atoms with Gasteiger partial charge in [-0.15, -0.1) is 11.8 Å². The minimum absolute atomic E-state index is 0.0297. The first kappa shape index (κ1) is 17.6. The van der Waals surface area contributed by atoms with Gasteiger partial charge in [0.25, 0.3) is 0 Å². The third kappa shape index (κ3) is 5.79. The zero-order valence-corrected chi connectivity index (χ0v) is 13.9. The summed E-state index contributed by atoms with van der Waals surface area (Å²) in [4.78, 5) is 25.9. The van der Waals surface area contributed by atoms with Gasteiger partial charge in [0.05, 0.1) is 12.2 Å². The van der Waals surface area contributed by atoms with E-state index in [1.54, 1.807) is 4.90 Å². The van der Waals surface area contributed by atoms with Crippen molar-refractivity contribution in [1.29, 1.82) is 0 Å². The van der Waals surface area contributed by atoms with Gasteiger partial charge in [-0.1, -0.05) is 18.2 Å². The third-order valence-electron chi connectivity index (χ3n) is 3.10. The Labute approximate surface area is 130 Å². The largest absolute Gasteiger partial charge is 0.481 e. The Morgan fingerprint density at radius 3 is 2.38 bits per heavy atom. The van der Waals surface area contributed by atoms with Crippen LogP contribution in [0.15, 0.2) is 29.2 Å². The molecule has 0 spiro atoms. The van der Waals surface area contributed by atoms with Gasteiger partial charge < -0.3 is 10.0 Å². The number of carboxylic acid groups (broad SMARTS) is 1. The van der Waals surface area contributed by atoms with Crippen LogP contribution in [0.25, 0.3) is 0 Å². The van der Waals surface area contributed by atoms with Crippen molar-refractivity contribution in [2.24, 2.45) is 0 Å². The predicted octanol–water partition coefficient (Wildman–Crippen LogP) is 3.19. The Morgan fingerprint density at radius 1 is 1.24 bits per heavy atom. The number of carboxylic acids is 1. The van der Waals surface area contributed by atoms with Gasteiger partial charge in [-0.25, -0.2) is 0 Å². The third-order valence-corrected chi connectivity index (χ3v) is 4.27. The molecule has 0 fully saturated rings. The van der Waals surface area contributed by atoms with Crippen molar-refractivity contribution < 1.29 is 14.7 Å². The van der Waals surface area contributed by atoms with Gasteiger partial charge in [-0.05, 0) is 39.3 Å². The summed E-state index contributed by atoms with van der Waals surface area (Å²) < 4.78 is 0. The molecule has 5 heteroatoms. The maximum atomic E-state index is 12.4. The van der Waals surface area contributed by atoms with Crippen LogP contribution in [-0.2, 0) is 9.59 Å². The number of carbonyl (C=O) groups is 2. The lowest BCUT2D eigenvalue weighted by atomic mass is 10.1. The summed E-state index contributed by atoms with van der Waals surface area (Å²) in [6, 6.07) is 7.92. The summed E-state index contributed by atoms with van der Waals surface area (Å²) in [6.07, 6.45) is -0.0297. The molecule has 0 unspecified atom stereocenters. The average molecular weight is 309 g/mol. The molecule has 1 rings (SSSR count). The highest BCUT2D eigenvalue weighted by Gasteiger charge is 2.26. The lowest BCUT2D eigenvalue weighted by molar-refractivity contribution is -0.139. The van der Waals surface area contributed by atoms with Crippen molar-refractivity contribution in [2.45, 2.75) is 44.6 Å². The summed E-state index contributed by atoms with van der Waals surface area (Å²) in [5, 5.41) is 8.81. The second kappa shape index (κ2) is 7.50. The van der Waals surface area contributed by atoms with Crippen LogP contribution in [0.4, 0.5) is 0 Å². The number of hydrogen-bond acceptors (Lipinski definition) is 3. The van der Waals surface area contributed by atoms with Crippen molar-refractivity contribution in [2.75, 3.05) is 12.3 Å². The highest BCUT2D eigenvalue weighted by atomic mass is 32.2. The number of carbonyl (C=O) groups excluding carboxylic acids is 1. The molecule has 0 atom stereocenters. The number of thioether (sulfide) groups is 1. The minimum Gasteiger partial charge on any atom is -0.481 e. The molecule has 0 aromatic heterocycles. The molecule has 0 bridgehead atoms. The number of nitrogens with zero attached hydrogens (tertiary/aromatic N) is 1. The summed E-state index contributed by atoms with van der Waals surface area (Å²) in [5.74, 6) is -0.595. The number of benzene rings is 1. The molecule has 1 aromatic rings. The molecule has 0 aliphatic carbocycles. The second-order valence-electron chi connectivity index (χ2n) is 5.91. The van der Waals surface area contributed by atoms with Crippen molar-refractivity contribution in [3.8, 4) is 0 Å². The Balaban J connectivity index is 2.69. The van der Waals surface area contributed by atoms with E-state index in [2.05, 4.69) is 0 Å². The van der Waals surface area contributed by atoms with Crippen LogP contribution < -0.4 is 0 Å². The summed E-state index contributed by atoms with van der Waals surface area (Å²) >= 11 is 1.50. The van der Waals surface area contributed by atoms with E-state index in [1.165, 1.54) is 11.8 Å². The predicted molar refractivity (Wildman–Crippen MR) is 85.6 cm³/mol. The lowest BCUT2D eigenvalue weighted by Crippen LogP contribution is -2.47. The highest BCUT2D eigenvalue weighted by molar-refractivity contribution is 8.00. The van der Waals surface area contributed by atoms with Crippen molar-refractivity contribution in [3.63, 3.8) is 0 Å². The van der Waals surface area contributed by atoms with E-state index in [0.29, 0.717) is 5.75 Å².